The minimum Gasteiger partial charge on any atom is -0.0756 e. The van der Waals surface area contributed by atoms with Crippen molar-refractivity contribution in [2.24, 2.45) is 5.41 Å². The second-order valence-electron chi connectivity index (χ2n) is 9.25. The molecule has 2 aliphatic carbocycles. The number of rotatable bonds is 2. The van der Waals surface area contributed by atoms with E-state index in [0.29, 0.717) is 0 Å². The lowest BCUT2D eigenvalue weighted by Gasteiger charge is -2.26. The largest absolute Gasteiger partial charge is 0.0775 e. The maximum absolute atomic E-state index is 2.62. The summed E-state index contributed by atoms with van der Waals surface area (Å²) in [6.07, 6.45) is 9.25. The molecule has 0 aromatic carbocycles. The van der Waals surface area contributed by atoms with Gasteiger partial charge in [0.1, 0.15) is 0 Å². The molecule has 2 rings (SSSR count). The Hall–Kier alpha value is -0.346. The molecule has 0 atom stereocenters. The molecular formula is C18H32Si2. The molecule has 0 spiro atoms. The monoisotopic (exact) mass is 304 g/mol. The first-order valence-corrected chi connectivity index (χ1v) is 15.1. The SMILES string of the molecule is CC1(C)C=C([Si](C)(C)C)C2=C(CCC2)C([Si](C)(C)C)=C1. The highest BCUT2D eigenvalue weighted by molar-refractivity contribution is 6.85. The van der Waals surface area contributed by atoms with Crippen LogP contribution in [0.1, 0.15) is 33.1 Å². The van der Waals surface area contributed by atoms with Crippen molar-refractivity contribution < 1.29 is 0 Å². The van der Waals surface area contributed by atoms with Gasteiger partial charge >= 0.3 is 0 Å². The molecule has 0 amide bonds. The van der Waals surface area contributed by atoms with E-state index in [-0.39, 0.29) is 5.41 Å². The van der Waals surface area contributed by atoms with E-state index >= 15 is 0 Å². The van der Waals surface area contributed by atoms with Crippen molar-refractivity contribution in [1.29, 1.82) is 0 Å². The van der Waals surface area contributed by atoms with E-state index < -0.39 is 16.1 Å². The molecular weight excluding hydrogens is 272 g/mol. The summed E-state index contributed by atoms with van der Waals surface area (Å²) in [4.78, 5) is 0. The fourth-order valence-corrected chi connectivity index (χ4v) is 7.61. The number of hydrogen-bond donors (Lipinski definition) is 0. The highest BCUT2D eigenvalue weighted by Crippen LogP contribution is 2.46. The second-order valence-corrected chi connectivity index (χ2v) is 19.3. The topological polar surface area (TPSA) is 0 Å². The highest BCUT2D eigenvalue weighted by Gasteiger charge is 2.36. The molecule has 20 heavy (non-hydrogen) atoms. The molecule has 0 saturated heterocycles. The predicted octanol–water partition coefficient (Wildman–Crippen LogP) is 6.11. The first-order valence-electron chi connectivity index (χ1n) is 8.11. The van der Waals surface area contributed by atoms with Crippen molar-refractivity contribution in [3.05, 3.63) is 33.7 Å². The van der Waals surface area contributed by atoms with Gasteiger partial charge in [-0.1, -0.05) is 75.7 Å². The van der Waals surface area contributed by atoms with Gasteiger partial charge in [0.2, 0.25) is 0 Å². The van der Waals surface area contributed by atoms with Crippen molar-refractivity contribution in [1.82, 2.24) is 0 Å². The van der Waals surface area contributed by atoms with Gasteiger partial charge in [-0.3, -0.25) is 0 Å². The molecule has 2 aliphatic rings. The summed E-state index contributed by atoms with van der Waals surface area (Å²) in [7, 11) is -2.53. The van der Waals surface area contributed by atoms with Gasteiger partial charge in [0, 0.05) is 5.41 Å². The van der Waals surface area contributed by atoms with Gasteiger partial charge in [0.05, 0.1) is 16.1 Å². The molecule has 0 radical (unpaired) electrons. The molecule has 0 bridgehead atoms. The van der Waals surface area contributed by atoms with Crippen molar-refractivity contribution in [3.63, 3.8) is 0 Å². The third-order valence-electron chi connectivity index (χ3n) is 4.52. The van der Waals surface area contributed by atoms with Crippen LogP contribution in [0.25, 0.3) is 0 Å². The fraction of sp³-hybridized carbons (Fsp3) is 0.667. The summed E-state index contributed by atoms with van der Waals surface area (Å²) in [6, 6.07) is 0. The van der Waals surface area contributed by atoms with E-state index in [1.54, 1.807) is 21.5 Å². The molecule has 0 aromatic heterocycles. The van der Waals surface area contributed by atoms with Gasteiger partial charge in [-0.05, 0) is 30.4 Å². The third-order valence-corrected chi connectivity index (χ3v) is 8.64. The van der Waals surface area contributed by atoms with E-state index in [2.05, 4.69) is 65.3 Å². The van der Waals surface area contributed by atoms with E-state index in [0.717, 1.165) is 0 Å². The lowest BCUT2D eigenvalue weighted by Crippen LogP contribution is -2.27. The van der Waals surface area contributed by atoms with Crippen LogP contribution in [0.3, 0.4) is 0 Å². The summed E-state index contributed by atoms with van der Waals surface area (Å²) < 4.78 is 0. The van der Waals surface area contributed by atoms with Crippen LogP contribution in [0.15, 0.2) is 33.7 Å². The van der Waals surface area contributed by atoms with Crippen LogP contribution in [0, 0.1) is 5.41 Å². The molecule has 0 nitrogen and oxygen atoms in total. The second kappa shape index (κ2) is 4.84. The summed E-state index contributed by atoms with van der Waals surface area (Å²) >= 11 is 0. The molecule has 0 fully saturated rings. The molecule has 0 N–H and O–H groups in total. The minimum absolute atomic E-state index is 0.218. The normalized spacial score (nSPS) is 23.2. The van der Waals surface area contributed by atoms with Crippen LogP contribution in [-0.2, 0) is 0 Å². The first kappa shape index (κ1) is 16.0. The lowest BCUT2D eigenvalue weighted by molar-refractivity contribution is 0.622. The standard InChI is InChI=1S/C18H32Si2/c1-18(2)12-16(19(3,4)5)14-10-9-11-15(14)17(13-18)20(6,7)8/h12-13H,9-11H2,1-8H3. The Morgan fingerprint density at radius 2 is 1.10 bits per heavy atom. The molecule has 0 saturated carbocycles. The lowest BCUT2D eigenvalue weighted by atomic mass is 9.92. The molecule has 0 unspecified atom stereocenters. The zero-order chi connectivity index (χ0) is 15.3. The summed E-state index contributed by atoms with van der Waals surface area (Å²) in [5, 5.41) is 3.50. The quantitative estimate of drug-likeness (QED) is 0.540. The van der Waals surface area contributed by atoms with Gasteiger partial charge < -0.3 is 0 Å². The zero-order valence-electron chi connectivity index (χ0n) is 14.8. The zero-order valence-corrected chi connectivity index (χ0v) is 16.8. The van der Waals surface area contributed by atoms with E-state index in [9.17, 15) is 0 Å². The van der Waals surface area contributed by atoms with Crippen molar-refractivity contribution in [2.45, 2.75) is 72.4 Å². The first-order chi connectivity index (χ1) is 8.92. The van der Waals surface area contributed by atoms with Gasteiger partial charge in [-0.2, -0.15) is 0 Å². The van der Waals surface area contributed by atoms with E-state index in [1.165, 1.54) is 19.3 Å². The fourth-order valence-electron chi connectivity index (χ4n) is 3.64. The van der Waals surface area contributed by atoms with Crippen LogP contribution < -0.4 is 0 Å². The Bertz CT molecular complexity index is 459. The maximum Gasteiger partial charge on any atom is 0.0775 e. The molecule has 0 heterocycles. The smallest absolute Gasteiger partial charge is 0.0756 e. The highest BCUT2D eigenvalue weighted by atomic mass is 28.3. The molecule has 0 aliphatic heterocycles. The van der Waals surface area contributed by atoms with Crippen LogP contribution in [0.5, 0.6) is 0 Å². The Balaban J connectivity index is 2.68. The van der Waals surface area contributed by atoms with Crippen LogP contribution in [0.4, 0.5) is 0 Å². The average molecular weight is 305 g/mol. The Morgan fingerprint density at radius 3 is 1.40 bits per heavy atom. The Labute approximate surface area is 128 Å². The number of allylic oxidation sites excluding steroid dienone is 6. The summed E-state index contributed by atoms with van der Waals surface area (Å²) in [5.74, 6) is 0. The molecule has 2 heteroatoms. The minimum atomic E-state index is -1.27. The Morgan fingerprint density at radius 1 is 0.750 bits per heavy atom. The molecule has 0 aromatic rings. The average Bonchev–Trinajstić information content (AvgIpc) is 2.63. The Kier molecular flexibility index (Phi) is 3.88. The van der Waals surface area contributed by atoms with Crippen molar-refractivity contribution >= 4 is 16.1 Å². The summed E-state index contributed by atoms with van der Waals surface area (Å²) in [5.41, 5.74) is 3.72. The molecule has 112 valence electrons. The van der Waals surface area contributed by atoms with Crippen LogP contribution >= 0.6 is 0 Å². The van der Waals surface area contributed by atoms with Gasteiger partial charge in [0.15, 0.2) is 0 Å². The van der Waals surface area contributed by atoms with Crippen molar-refractivity contribution in [3.8, 4) is 0 Å². The van der Waals surface area contributed by atoms with Crippen molar-refractivity contribution in [2.75, 3.05) is 0 Å². The van der Waals surface area contributed by atoms with Gasteiger partial charge in [0.25, 0.3) is 0 Å². The third kappa shape index (κ3) is 3.11. The van der Waals surface area contributed by atoms with Crippen LogP contribution in [-0.4, -0.2) is 16.1 Å². The van der Waals surface area contributed by atoms with Gasteiger partial charge in [-0.15, -0.1) is 0 Å². The van der Waals surface area contributed by atoms with E-state index in [1.807, 2.05) is 0 Å². The van der Waals surface area contributed by atoms with E-state index in [4.69, 9.17) is 0 Å². The van der Waals surface area contributed by atoms with Gasteiger partial charge in [-0.25, -0.2) is 0 Å². The predicted molar refractivity (Wildman–Crippen MR) is 97.5 cm³/mol. The number of hydrogen-bond acceptors (Lipinski definition) is 0. The summed E-state index contributed by atoms with van der Waals surface area (Å²) in [6.45, 7) is 19.9. The maximum atomic E-state index is 2.62. The van der Waals surface area contributed by atoms with Crippen LogP contribution in [0.2, 0.25) is 39.3 Å².